The van der Waals surface area contributed by atoms with Crippen LogP contribution in [0.25, 0.3) is 0 Å². The summed E-state index contributed by atoms with van der Waals surface area (Å²) in [6.45, 7) is 0.471. The van der Waals surface area contributed by atoms with E-state index in [1.165, 1.54) is 12.1 Å². The van der Waals surface area contributed by atoms with Crippen LogP contribution in [0.4, 0.5) is 17.1 Å². The Balaban J connectivity index is 1.77. The van der Waals surface area contributed by atoms with Gasteiger partial charge in [0, 0.05) is 43.8 Å². The summed E-state index contributed by atoms with van der Waals surface area (Å²) in [4.78, 5) is 40.2. The first-order valence-electron chi connectivity index (χ1n) is 8.34. The number of rotatable bonds is 6. The number of nitro benzene ring substituents is 1. The number of nitro groups is 1. The van der Waals surface area contributed by atoms with Crippen LogP contribution in [0, 0.1) is 10.1 Å². The van der Waals surface area contributed by atoms with Gasteiger partial charge in [0.1, 0.15) is 5.69 Å². The van der Waals surface area contributed by atoms with E-state index in [4.69, 9.17) is 0 Å². The van der Waals surface area contributed by atoms with Crippen LogP contribution in [0.2, 0.25) is 0 Å². The molecule has 1 saturated heterocycles. The molecule has 1 fully saturated rings. The maximum absolute atomic E-state index is 12.0. The number of carbonyl (C=O) groups excluding carboxylic acids is 2. The van der Waals surface area contributed by atoms with E-state index in [9.17, 15) is 19.7 Å². The summed E-state index contributed by atoms with van der Waals surface area (Å²) in [7, 11) is 0. The van der Waals surface area contributed by atoms with Gasteiger partial charge in [-0.15, -0.1) is 0 Å². The predicted molar refractivity (Wildman–Crippen MR) is 95.9 cm³/mol. The van der Waals surface area contributed by atoms with Gasteiger partial charge in [-0.3, -0.25) is 29.6 Å². The number of benzene rings is 1. The number of carbonyl (C=O) groups is 2. The van der Waals surface area contributed by atoms with Gasteiger partial charge in [-0.05, 0) is 30.7 Å². The number of aromatic nitrogens is 1. The topological polar surface area (TPSA) is 105 Å². The maximum Gasteiger partial charge on any atom is 0.294 e. The zero-order valence-corrected chi connectivity index (χ0v) is 14.1. The number of anilines is 2. The molecule has 1 aromatic heterocycles. The van der Waals surface area contributed by atoms with Crippen molar-refractivity contribution in [2.75, 3.05) is 16.8 Å². The third kappa shape index (κ3) is 3.85. The predicted octanol–water partition coefficient (Wildman–Crippen LogP) is 2.69. The number of nitrogens with zero attached hydrogens (tertiary/aromatic N) is 3. The molecule has 3 rings (SSSR count). The molecule has 1 aliphatic rings. The first-order chi connectivity index (χ1) is 12.6. The minimum absolute atomic E-state index is 0.172. The Morgan fingerprint density at radius 1 is 1.15 bits per heavy atom. The second-order valence-corrected chi connectivity index (χ2v) is 5.93. The van der Waals surface area contributed by atoms with Crippen molar-refractivity contribution in [3.63, 3.8) is 0 Å². The molecule has 1 aliphatic heterocycles. The summed E-state index contributed by atoms with van der Waals surface area (Å²) in [6, 6.07) is 9.94. The van der Waals surface area contributed by atoms with E-state index in [2.05, 4.69) is 10.3 Å². The van der Waals surface area contributed by atoms with E-state index in [0.717, 1.165) is 10.6 Å². The molecule has 0 bridgehead atoms. The van der Waals surface area contributed by atoms with Gasteiger partial charge in [-0.1, -0.05) is 6.07 Å². The Morgan fingerprint density at radius 3 is 2.58 bits per heavy atom. The molecule has 2 amide bonds. The monoisotopic (exact) mass is 354 g/mol. The van der Waals surface area contributed by atoms with E-state index >= 15 is 0 Å². The van der Waals surface area contributed by atoms with Crippen LogP contribution in [0.1, 0.15) is 25.0 Å². The second kappa shape index (κ2) is 7.73. The molecule has 1 N–H and O–H groups in total. The highest BCUT2D eigenvalue weighted by atomic mass is 16.6. The lowest BCUT2D eigenvalue weighted by molar-refractivity contribution is -0.383. The zero-order chi connectivity index (χ0) is 18.5. The number of amides is 2. The Morgan fingerprint density at radius 2 is 1.92 bits per heavy atom. The Labute approximate surface area is 150 Å². The molecule has 8 nitrogen and oxygen atoms in total. The first-order valence-corrected chi connectivity index (χ1v) is 8.34. The smallest absolute Gasteiger partial charge is 0.294 e. The SMILES string of the molecule is O=C1CCCC(=O)N1c1ccc(NCCc2ccccn2)c([N+](=O)[O-])c1. The quantitative estimate of drug-likeness (QED) is 0.486. The number of pyridine rings is 1. The molecular weight excluding hydrogens is 336 g/mol. The second-order valence-electron chi connectivity index (χ2n) is 5.93. The fourth-order valence-corrected chi connectivity index (χ4v) is 2.87. The molecule has 8 heteroatoms. The number of piperidine rings is 1. The van der Waals surface area contributed by atoms with Gasteiger partial charge in [0.05, 0.1) is 10.6 Å². The highest BCUT2D eigenvalue weighted by molar-refractivity contribution is 6.16. The Kier molecular flexibility index (Phi) is 5.21. The van der Waals surface area contributed by atoms with Crippen molar-refractivity contribution in [2.24, 2.45) is 0 Å². The van der Waals surface area contributed by atoms with Gasteiger partial charge >= 0.3 is 0 Å². The molecular formula is C18H18N4O4. The van der Waals surface area contributed by atoms with E-state index in [1.807, 2.05) is 18.2 Å². The van der Waals surface area contributed by atoms with E-state index in [-0.39, 0.29) is 36.0 Å². The molecule has 26 heavy (non-hydrogen) atoms. The summed E-state index contributed by atoms with van der Waals surface area (Å²) < 4.78 is 0. The van der Waals surface area contributed by atoms with E-state index in [0.29, 0.717) is 25.1 Å². The van der Waals surface area contributed by atoms with Crippen LogP contribution in [-0.4, -0.2) is 28.3 Å². The number of imide groups is 1. The fourth-order valence-electron chi connectivity index (χ4n) is 2.87. The molecule has 0 aliphatic carbocycles. The van der Waals surface area contributed by atoms with Crippen LogP contribution in [0.5, 0.6) is 0 Å². The summed E-state index contributed by atoms with van der Waals surface area (Å²) in [5.74, 6) is -0.655. The molecule has 0 unspecified atom stereocenters. The van der Waals surface area contributed by atoms with E-state index < -0.39 is 4.92 Å². The molecule has 2 heterocycles. The largest absolute Gasteiger partial charge is 0.379 e. The Bertz CT molecular complexity index is 822. The molecule has 0 radical (unpaired) electrons. The van der Waals surface area contributed by atoms with Crippen LogP contribution in [-0.2, 0) is 16.0 Å². The zero-order valence-electron chi connectivity index (χ0n) is 14.1. The normalized spacial score (nSPS) is 14.4. The maximum atomic E-state index is 12.0. The molecule has 134 valence electrons. The van der Waals surface area contributed by atoms with Crippen molar-refractivity contribution >= 4 is 28.9 Å². The van der Waals surface area contributed by atoms with Crippen molar-refractivity contribution in [3.05, 3.63) is 58.4 Å². The minimum Gasteiger partial charge on any atom is -0.379 e. The number of nitrogens with one attached hydrogen (secondary N) is 1. The Hall–Kier alpha value is -3.29. The fraction of sp³-hybridized carbons (Fsp3) is 0.278. The average Bonchev–Trinajstić information content (AvgIpc) is 2.63. The average molecular weight is 354 g/mol. The molecule has 0 atom stereocenters. The van der Waals surface area contributed by atoms with Crippen molar-refractivity contribution in [2.45, 2.75) is 25.7 Å². The summed E-state index contributed by atoms with van der Waals surface area (Å²) in [5, 5.41) is 14.4. The minimum atomic E-state index is -0.522. The van der Waals surface area contributed by atoms with Gasteiger partial charge < -0.3 is 5.32 Å². The third-order valence-corrected chi connectivity index (χ3v) is 4.14. The standard InChI is InChI=1S/C18H18N4O4/c23-17-5-3-6-18(24)21(17)14-7-8-15(16(12-14)22(25)26)20-11-9-13-4-1-2-10-19-13/h1-2,4,7-8,10,12,20H,3,5-6,9,11H2. The van der Waals surface area contributed by atoms with Gasteiger partial charge in [0.2, 0.25) is 11.8 Å². The van der Waals surface area contributed by atoms with Crippen LogP contribution in [0.15, 0.2) is 42.6 Å². The lowest BCUT2D eigenvalue weighted by atomic mass is 10.1. The number of hydrogen-bond donors (Lipinski definition) is 1. The highest BCUT2D eigenvalue weighted by Crippen LogP contribution is 2.31. The number of hydrogen-bond acceptors (Lipinski definition) is 6. The van der Waals surface area contributed by atoms with Gasteiger partial charge in [0.15, 0.2) is 0 Å². The summed E-state index contributed by atoms with van der Waals surface area (Å²) >= 11 is 0. The van der Waals surface area contributed by atoms with Gasteiger partial charge in [-0.2, -0.15) is 0 Å². The van der Waals surface area contributed by atoms with Crippen LogP contribution < -0.4 is 10.2 Å². The molecule has 0 spiro atoms. The lowest BCUT2D eigenvalue weighted by Crippen LogP contribution is -2.40. The van der Waals surface area contributed by atoms with Gasteiger partial charge in [0.25, 0.3) is 5.69 Å². The van der Waals surface area contributed by atoms with Crippen molar-refractivity contribution in [1.29, 1.82) is 0 Å². The van der Waals surface area contributed by atoms with Crippen LogP contribution >= 0.6 is 0 Å². The van der Waals surface area contributed by atoms with Crippen molar-refractivity contribution in [3.8, 4) is 0 Å². The van der Waals surface area contributed by atoms with Crippen LogP contribution in [0.3, 0.4) is 0 Å². The summed E-state index contributed by atoms with van der Waals surface area (Å²) in [5.41, 5.74) is 1.28. The van der Waals surface area contributed by atoms with Crippen molar-refractivity contribution < 1.29 is 14.5 Å². The molecule has 2 aromatic rings. The lowest BCUT2D eigenvalue weighted by Gasteiger charge is -2.25. The van der Waals surface area contributed by atoms with Gasteiger partial charge in [-0.25, -0.2) is 0 Å². The van der Waals surface area contributed by atoms with Crippen molar-refractivity contribution in [1.82, 2.24) is 4.98 Å². The summed E-state index contributed by atoms with van der Waals surface area (Å²) in [6.07, 6.45) is 3.36. The molecule has 0 saturated carbocycles. The molecule has 1 aromatic carbocycles. The van der Waals surface area contributed by atoms with E-state index in [1.54, 1.807) is 12.3 Å². The first kappa shape index (κ1) is 17.5. The highest BCUT2D eigenvalue weighted by Gasteiger charge is 2.29. The third-order valence-electron chi connectivity index (χ3n) is 4.14.